The zero-order chi connectivity index (χ0) is 12.0. The molecule has 1 N–H and O–H groups in total. The Balaban J connectivity index is 2.34. The van der Waals surface area contributed by atoms with Crippen LogP contribution in [-0.2, 0) is 0 Å². The van der Waals surface area contributed by atoms with Crippen molar-refractivity contribution in [1.29, 1.82) is 0 Å². The quantitative estimate of drug-likeness (QED) is 0.857. The maximum absolute atomic E-state index is 10.00. The first-order valence-electron chi connectivity index (χ1n) is 5.11. The predicted molar refractivity (Wildman–Crippen MR) is 64.2 cm³/mol. The topological polar surface area (TPSA) is 60.3 Å². The molecule has 0 aromatic heterocycles. The summed E-state index contributed by atoms with van der Waals surface area (Å²) in [7, 11) is 1.55. The summed E-state index contributed by atoms with van der Waals surface area (Å²) in [6.45, 7) is 0.493. The minimum absolute atomic E-state index is 0.151. The van der Waals surface area contributed by atoms with Crippen molar-refractivity contribution in [1.82, 2.24) is 0 Å². The molecule has 17 heavy (non-hydrogen) atoms. The summed E-state index contributed by atoms with van der Waals surface area (Å²) >= 11 is 3.44. The van der Waals surface area contributed by atoms with Crippen molar-refractivity contribution in [2.24, 2.45) is 4.99 Å². The molecule has 1 aromatic carbocycles. The molecule has 1 atom stereocenters. The van der Waals surface area contributed by atoms with Gasteiger partial charge >= 0.3 is 0 Å². The number of ether oxygens (including phenoxy) is 3. The Kier molecular flexibility index (Phi) is 2.48. The molecule has 90 valence electrons. The SMILES string of the molecule is COc1c(Br)c2c(c3c1OCO3)C=NC[C@H]2O. The van der Waals surface area contributed by atoms with Crippen LogP contribution in [0.5, 0.6) is 17.2 Å². The Labute approximate surface area is 106 Å². The maximum Gasteiger partial charge on any atom is 0.231 e. The zero-order valence-electron chi connectivity index (χ0n) is 9.07. The van der Waals surface area contributed by atoms with Gasteiger partial charge in [-0.3, -0.25) is 4.99 Å². The molecule has 1 aromatic rings. The largest absolute Gasteiger partial charge is 0.492 e. The van der Waals surface area contributed by atoms with E-state index in [1.165, 1.54) is 0 Å². The smallest absolute Gasteiger partial charge is 0.231 e. The summed E-state index contributed by atoms with van der Waals surface area (Å²) in [5.74, 6) is 1.69. The van der Waals surface area contributed by atoms with Gasteiger partial charge in [0, 0.05) is 17.3 Å². The summed E-state index contributed by atoms with van der Waals surface area (Å²) in [5.41, 5.74) is 1.49. The molecule has 0 fully saturated rings. The lowest BCUT2D eigenvalue weighted by molar-refractivity contribution is 0.170. The van der Waals surface area contributed by atoms with Crippen LogP contribution in [0.4, 0.5) is 0 Å². The van der Waals surface area contributed by atoms with Crippen molar-refractivity contribution in [2.45, 2.75) is 6.10 Å². The number of aliphatic imine (C=N–C) groups is 1. The third-order valence-corrected chi connectivity index (χ3v) is 3.61. The summed E-state index contributed by atoms with van der Waals surface area (Å²) in [5, 5.41) is 10.00. The molecule has 6 heteroatoms. The van der Waals surface area contributed by atoms with Crippen LogP contribution in [0, 0.1) is 0 Å². The summed E-state index contributed by atoms with van der Waals surface area (Å²) < 4.78 is 16.8. The van der Waals surface area contributed by atoms with Gasteiger partial charge in [-0.25, -0.2) is 0 Å². The number of hydrogen-bond acceptors (Lipinski definition) is 5. The molecule has 2 aliphatic rings. The van der Waals surface area contributed by atoms with E-state index in [-0.39, 0.29) is 6.79 Å². The Morgan fingerprint density at radius 2 is 2.24 bits per heavy atom. The summed E-state index contributed by atoms with van der Waals surface area (Å²) in [6, 6.07) is 0. The van der Waals surface area contributed by atoms with Gasteiger partial charge in [-0.1, -0.05) is 0 Å². The number of hydrogen-bond donors (Lipinski definition) is 1. The molecular formula is C11H10BrNO4. The van der Waals surface area contributed by atoms with Crippen LogP contribution in [0.1, 0.15) is 17.2 Å². The number of methoxy groups -OCH3 is 1. The van der Waals surface area contributed by atoms with Crippen LogP contribution in [0.2, 0.25) is 0 Å². The van der Waals surface area contributed by atoms with Crippen molar-refractivity contribution in [3.05, 3.63) is 15.6 Å². The first kappa shape index (κ1) is 10.9. The maximum atomic E-state index is 10.00. The van der Waals surface area contributed by atoms with Crippen molar-refractivity contribution in [3.63, 3.8) is 0 Å². The van der Waals surface area contributed by atoms with Gasteiger partial charge in [0.15, 0.2) is 11.5 Å². The number of aliphatic hydroxyl groups is 1. The van der Waals surface area contributed by atoms with Crippen LogP contribution < -0.4 is 14.2 Å². The average molecular weight is 300 g/mol. The van der Waals surface area contributed by atoms with Gasteiger partial charge in [-0.05, 0) is 15.9 Å². The van der Waals surface area contributed by atoms with Crippen LogP contribution in [0.25, 0.3) is 0 Å². The Morgan fingerprint density at radius 1 is 1.47 bits per heavy atom. The molecule has 0 aliphatic carbocycles. The standard InChI is InChI=1S/C11H10BrNO4/c1-15-10-8(12)7-5(2-13-3-6(7)14)9-11(10)17-4-16-9/h2,6,14H,3-4H2,1H3/t6-/m1/s1. The molecule has 2 aliphatic heterocycles. The Hall–Kier alpha value is -1.27. The molecule has 0 radical (unpaired) electrons. The second-order valence-corrected chi connectivity index (χ2v) is 4.54. The molecule has 2 heterocycles. The number of aliphatic hydroxyl groups excluding tert-OH is 1. The molecule has 3 rings (SSSR count). The lowest BCUT2D eigenvalue weighted by Crippen LogP contribution is -2.12. The molecular weight excluding hydrogens is 290 g/mol. The third kappa shape index (κ3) is 1.44. The minimum Gasteiger partial charge on any atom is -0.492 e. The molecule has 0 saturated carbocycles. The van der Waals surface area contributed by atoms with Crippen LogP contribution >= 0.6 is 15.9 Å². The van der Waals surface area contributed by atoms with Gasteiger partial charge in [0.25, 0.3) is 0 Å². The van der Waals surface area contributed by atoms with E-state index >= 15 is 0 Å². The normalized spacial score (nSPS) is 20.3. The fraction of sp³-hybridized carbons (Fsp3) is 0.364. The van der Waals surface area contributed by atoms with Gasteiger partial charge in [0.05, 0.1) is 18.1 Å². The molecule has 0 saturated heterocycles. The highest BCUT2D eigenvalue weighted by Crippen LogP contribution is 2.51. The molecule has 0 spiro atoms. The van der Waals surface area contributed by atoms with Crippen molar-refractivity contribution in [2.75, 3.05) is 20.4 Å². The number of rotatable bonds is 1. The number of benzene rings is 1. The monoisotopic (exact) mass is 299 g/mol. The number of nitrogens with zero attached hydrogens (tertiary/aromatic N) is 1. The first-order valence-corrected chi connectivity index (χ1v) is 5.90. The third-order valence-electron chi connectivity index (χ3n) is 2.83. The number of halogens is 1. The van der Waals surface area contributed by atoms with E-state index in [4.69, 9.17) is 14.2 Å². The van der Waals surface area contributed by atoms with Crippen molar-refractivity contribution >= 4 is 22.1 Å². The fourth-order valence-corrected chi connectivity index (χ4v) is 2.90. The summed E-state index contributed by atoms with van der Waals surface area (Å²) in [6.07, 6.45) is 1.03. The van der Waals surface area contributed by atoms with Crippen molar-refractivity contribution in [3.8, 4) is 17.2 Å². The van der Waals surface area contributed by atoms with E-state index in [0.29, 0.717) is 28.3 Å². The fourth-order valence-electron chi connectivity index (χ4n) is 2.08. The molecule has 0 bridgehead atoms. The molecule has 0 amide bonds. The predicted octanol–water partition coefficient (Wildman–Crippen LogP) is 1.65. The lowest BCUT2D eigenvalue weighted by Gasteiger charge is -2.21. The van der Waals surface area contributed by atoms with E-state index in [0.717, 1.165) is 11.1 Å². The van der Waals surface area contributed by atoms with E-state index in [2.05, 4.69) is 20.9 Å². The van der Waals surface area contributed by atoms with Gasteiger partial charge < -0.3 is 19.3 Å². The van der Waals surface area contributed by atoms with Crippen LogP contribution in [0.3, 0.4) is 0 Å². The Bertz CT molecular complexity index is 515. The minimum atomic E-state index is -0.659. The van der Waals surface area contributed by atoms with Gasteiger partial charge in [-0.2, -0.15) is 0 Å². The highest BCUT2D eigenvalue weighted by atomic mass is 79.9. The highest BCUT2D eigenvalue weighted by molar-refractivity contribution is 9.10. The second-order valence-electron chi connectivity index (χ2n) is 3.75. The van der Waals surface area contributed by atoms with Crippen LogP contribution in [0.15, 0.2) is 9.47 Å². The number of fused-ring (bicyclic) bond motifs is 3. The second kappa shape index (κ2) is 3.89. The van der Waals surface area contributed by atoms with E-state index in [9.17, 15) is 5.11 Å². The molecule has 0 unspecified atom stereocenters. The zero-order valence-corrected chi connectivity index (χ0v) is 10.7. The average Bonchev–Trinajstić information content (AvgIpc) is 2.78. The first-order chi connectivity index (χ1) is 8.24. The molecule has 5 nitrogen and oxygen atoms in total. The van der Waals surface area contributed by atoms with Gasteiger partial charge in [0.1, 0.15) is 6.10 Å². The van der Waals surface area contributed by atoms with Crippen molar-refractivity contribution < 1.29 is 19.3 Å². The summed E-state index contributed by atoms with van der Waals surface area (Å²) in [4.78, 5) is 4.10. The van der Waals surface area contributed by atoms with E-state index in [1.807, 2.05) is 0 Å². The Morgan fingerprint density at radius 3 is 3.00 bits per heavy atom. The van der Waals surface area contributed by atoms with Gasteiger partial charge in [-0.15, -0.1) is 0 Å². The van der Waals surface area contributed by atoms with Gasteiger partial charge in [0.2, 0.25) is 12.5 Å². The lowest BCUT2D eigenvalue weighted by atomic mass is 9.98. The van der Waals surface area contributed by atoms with Crippen LogP contribution in [-0.4, -0.2) is 31.8 Å². The van der Waals surface area contributed by atoms with E-state index in [1.54, 1.807) is 13.3 Å². The highest BCUT2D eigenvalue weighted by Gasteiger charge is 2.32. The van der Waals surface area contributed by atoms with E-state index < -0.39 is 6.10 Å².